The smallest absolute Gasteiger partial charge is 0.305 e. The zero-order chi connectivity index (χ0) is 22.0. The molecule has 162 valence electrons. The average Bonchev–Trinajstić information content (AvgIpc) is 2.56. The predicted octanol–water partition coefficient (Wildman–Crippen LogP) is 6.42. The van der Waals surface area contributed by atoms with Gasteiger partial charge in [-0.15, -0.1) is 0 Å². The summed E-state index contributed by atoms with van der Waals surface area (Å²) in [5.41, 5.74) is 3.59. The van der Waals surface area contributed by atoms with Crippen molar-refractivity contribution in [2.24, 2.45) is 0 Å². The van der Waals surface area contributed by atoms with Crippen LogP contribution in [0.15, 0.2) is 24.3 Å². The molecule has 0 N–H and O–H groups in total. The van der Waals surface area contributed by atoms with E-state index in [1.807, 2.05) is 6.92 Å². The summed E-state index contributed by atoms with van der Waals surface area (Å²) >= 11 is 0. The van der Waals surface area contributed by atoms with Crippen LogP contribution in [0.25, 0.3) is 5.57 Å². The Hall–Kier alpha value is -1.75. The van der Waals surface area contributed by atoms with Crippen molar-refractivity contribution in [1.82, 2.24) is 0 Å². The fourth-order valence-electron chi connectivity index (χ4n) is 3.60. The number of nitrogens with zero attached hydrogens (tertiary/aromatic N) is 1. The highest BCUT2D eigenvalue weighted by Crippen LogP contribution is 2.43. The van der Waals surface area contributed by atoms with Gasteiger partial charge in [-0.05, 0) is 70.0 Å². The number of carbonyl (C=O) groups is 1. The zero-order valence-corrected chi connectivity index (χ0v) is 20.8. The lowest BCUT2D eigenvalue weighted by molar-refractivity contribution is -0.143. The molecule has 0 bridgehead atoms. The maximum atomic E-state index is 11.8. The molecule has 2 rings (SSSR count). The van der Waals surface area contributed by atoms with Crippen molar-refractivity contribution in [1.29, 1.82) is 0 Å². The molecular formula is C24H39NO3Si. The first-order valence-electron chi connectivity index (χ1n) is 10.7. The summed E-state index contributed by atoms with van der Waals surface area (Å²) in [5, 5.41) is 0.150. The molecule has 0 aromatic heterocycles. The predicted molar refractivity (Wildman–Crippen MR) is 125 cm³/mol. The van der Waals surface area contributed by atoms with E-state index in [9.17, 15) is 4.79 Å². The van der Waals surface area contributed by atoms with Crippen LogP contribution in [0.3, 0.4) is 0 Å². The summed E-state index contributed by atoms with van der Waals surface area (Å²) in [7, 11) is -1.91. The van der Waals surface area contributed by atoms with Crippen LogP contribution in [0.4, 0.5) is 5.69 Å². The molecule has 1 aliphatic heterocycles. The Bertz CT molecular complexity index is 775. The van der Waals surface area contributed by atoms with Crippen LogP contribution < -0.4 is 9.33 Å². The van der Waals surface area contributed by atoms with Crippen LogP contribution >= 0.6 is 0 Å². The average molecular weight is 418 g/mol. The van der Waals surface area contributed by atoms with E-state index in [1.54, 1.807) is 0 Å². The molecule has 1 heterocycles. The van der Waals surface area contributed by atoms with Crippen molar-refractivity contribution in [2.75, 3.05) is 18.1 Å². The first-order chi connectivity index (χ1) is 13.3. The fourth-order valence-corrected chi connectivity index (χ4v) is 4.62. The van der Waals surface area contributed by atoms with Gasteiger partial charge in [-0.25, -0.2) is 0 Å². The number of benzene rings is 1. The van der Waals surface area contributed by atoms with Crippen LogP contribution in [0.5, 0.6) is 5.75 Å². The molecule has 1 aliphatic rings. The fraction of sp³-hybridized carbons (Fsp3) is 0.625. The molecule has 1 aromatic carbocycles. The maximum absolute atomic E-state index is 11.8. The quantitative estimate of drug-likeness (QED) is 0.379. The molecule has 0 atom stereocenters. The van der Waals surface area contributed by atoms with Crippen molar-refractivity contribution >= 4 is 25.5 Å². The Morgan fingerprint density at radius 2 is 1.86 bits per heavy atom. The second-order valence-corrected chi connectivity index (χ2v) is 14.8. The SMILES string of the molecule is CCOC(=O)CCCN1c2cc(O[Si](C)(C)C(C)(C)C)ccc2C(C)=CC1(C)C. The molecule has 0 spiro atoms. The summed E-state index contributed by atoms with van der Waals surface area (Å²) in [6.07, 6.45) is 3.52. The topological polar surface area (TPSA) is 38.8 Å². The highest BCUT2D eigenvalue weighted by atomic mass is 28.4. The molecule has 0 radical (unpaired) electrons. The van der Waals surface area contributed by atoms with Gasteiger partial charge < -0.3 is 14.1 Å². The van der Waals surface area contributed by atoms with Gasteiger partial charge in [0.2, 0.25) is 8.32 Å². The number of allylic oxidation sites excluding steroid dienone is 1. The molecule has 0 aliphatic carbocycles. The third-order valence-electron chi connectivity index (χ3n) is 6.20. The van der Waals surface area contributed by atoms with Gasteiger partial charge in [-0.2, -0.15) is 0 Å². The van der Waals surface area contributed by atoms with Crippen molar-refractivity contribution in [3.8, 4) is 5.75 Å². The molecule has 0 amide bonds. The van der Waals surface area contributed by atoms with E-state index in [2.05, 4.69) is 83.8 Å². The van der Waals surface area contributed by atoms with Crippen LogP contribution in [0, 0.1) is 0 Å². The molecule has 5 heteroatoms. The number of ether oxygens (including phenoxy) is 1. The van der Waals surface area contributed by atoms with E-state index in [4.69, 9.17) is 9.16 Å². The second-order valence-electron chi connectivity index (χ2n) is 10.1. The summed E-state index contributed by atoms with van der Waals surface area (Å²) in [4.78, 5) is 14.2. The lowest BCUT2D eigenvalue weighted by Gasteiger charge is -2.44. The monoisotopic (exact) mass is 417 g/mol. The maximum Gasteiger partial charge on any atom is 0.305 e. The lowest BCUT2D eigenvalue weighted by atomic mass is 9.88. The standard InChI is InChI=1S/C24H39NO3Si/c1-10-27-22(26)12-11-15-25-21-16-19(28-29(8,9)23(3,4)5)13-14-20(21)18(2)17-24(25,6)7/h13-14,16-17H,10-12,15H2,1-9H3. The van der Waals surface area contributed by atoms with E-state index in [-0.39, 0.29) is 16.5 Å². The van der Waals surface area contributed by atoms with Crippen LogP contribution in [0.2, 0.25) is 18.1 Å². The molecule has 29 heavy (non-hydrogen) atoms. The second kappa shape index (κ2) is 8.55. The number of esters is 1. The minimum absolute atomic E-state index is 0.121. The summed E-state index contributed by atoms with van der Waals surface area (Å²) in [5.74, 6) is 0.820. The Kier molecular flexibility index (Phi) is 6.93. The van der Waals surface area contributed by atoms with Gasteiger partial charge in [0.05, 0.1) is 12.1 Å². The first-order valence-corrected chi connectivity index (χ1v) is 13.7. The van der Waals surface area contributed by atoms with Gasteiger partial charge in [0, 0.05) is 30.3 Å². The molecule has 1 aromatic rings. The van der Waals surface area contributed by atoms with E-state index in [0.29, 0.717) is 13.0 Å². The minimum Gasteiger partial charge on any atom is -0.543 e. The Balaban J connectivity index is 2.31. The number of fused-ring (bicyclic) bond motifs is 1. The van der Waals surface area contributed by atoms with Gasteiger partial charge in [0.25, 0.3) is 0 Å². The third kappa shape index (κ3) is 5.44. The Morgan fingerprint density at radius 3 is 2.45 bits per heavy atom. The number of hydrogen-bond acceptors (Lipinski definition) is 4. The van der Waals surface area contributed by atoms with E-state index < -0.39 is 8.32 Å². The lowest BCUT2D eigenvalue weighted by Crippen LogP contribution is -2.46. The first kappa shape index (κ1) is 23.5. The van der Waals surface area contributed by atoms with Crippen molar-refractivity contribution < 1.29 is 14.0 Å². The van der Waals surface area contributed by atoms with Gasteiger partial charge in [-0.3, -0.25) is 4.79 Å². The summed E-state index contributed by atoms with van der Waals surface area (Å²) < 4.78 is 11.7. The molecule has 0 unspecified atom stereocenters. The zero-order valence-electron chi connectivity index (χ0n) is 19.8. The Labute approximate surface area is 178 Å². The van der Waals surface area contributed by atoms with E-state index in [0.717, 1.165) is 18.7 Å². The molecule has 4 nitrogen and oxygen atoms in total. The summed E-state index contributed by atoms with van der Waals surface area (Å²) in [6.45, 7) is 21.0. The van der Waals surface area contributed by atoms with Crippen molar-refractivity contribution in [2.45, 2.75) is 85.0 Å². The van der Waals surface area contributed by atoms with Crippen molar-refractivity contribution in [3.63, 3.8) is 0 Å². The minimum atomic E-state index is -1.91. The van der Waals surface area contributed by atoms with E-state index >= 15 is 0 Å². The van der Waals surface area contributed by atoms with Crippen molar-refractivity contribution in [3.05, 3.63) is 29.8 Å². The Morgan fingerprint density at radius 1 is 1.21 bits per heavy atom. The van der Waals surface area contributed by atoms with E-state index in [1.165, 1.54) is 16.8 Å². The molecule has 0 saturated carbocycles. The van der Waals surface area contributed by atoms with Gasteiger partial charge in [0.1, 0.15) is 5.75 Å². The number of rotatable bonds is 7. The van der Waals surface area contributed by atoms with Gasteiger partial charge >= 0.3 is 5.97 Å². The number of carbonyl (C=O) groups excluding carboxylic acids is 1. The van der Waals surface area contributed by atoms with Crippen LogP contribution in [-0.2, 0) is 9.53 Å². The van der Waals surface area contributed by atoms with Gasteiger partial charge in [-0.1, -0.05) is 26.8 Å². The highest BCUT2D eigenvalue weighted by Gasteiger charge is 2.39. The highest BCUT2D eigenvalue weighted by molar-refractivity contribution is 6.74. The largest absolute Gasteiger partial charge is 0.543 e. The molecule has 0 fully saturated rings. The summed E-state index contributed by atoms with van der Waals surface area (Å²) in [6, 6.07) is 6.47. The normalized spacial score (nSPS) is 16.2. The number of anilines is 1. The molecular weight excluding hydrogens is 378 g/mol. The van der Waals surface area contributed by atoms with Crippen LogP contribution in [-0.4, -0.2) is 33.0 Å². The van der Waals surface area contributed by atoms with Gasteiger partial charge in [0.15, 0.2) is 0 Å². The molecule has 0 saturated heterocycles. The van der Waals surface area contributed by atoms with Crippen LogP contribution in [0.1, 0.15) is 66.9 Å². The number of hydrogen-bond donors (Lipinski definition) is 0. The third-order valence-corrected chi connectivity index (χ3v) is 10.6.